The zero-order chi connectivity index (χ0) is 16.8. The Hall–Kier alpha value is -3.12. The van der Waals surface area contributed by atoms with Crippen molar-refractivity contribution in [3.8, 4) is 22.3 Å². The molecule has 116 valence electrons. The Kier molecular flexibility index (Phi) is 4.88. The van der Waals surface area contributed by atoms with Crippen LogP contribution in [0, 0.1) is 0 Å². The Balaban J connectivity index is 2.16. The fourth-order valence-electron chi connectivity index (χ4n) is 2.86. The first-order chi connectivity index (χ1) is 11.8. The molecule has 0 heterocycles. The van der Waals surface area contributed by atoms with Gasteiger partial charge in [-0.05, 0) is 33.4 Å². The van der Waals surface area contributed by atoms with Crippen LogP contribution in [-0.4, -0.2) is 0 Å². The summed E-state index contributed by atoms with van der Waals surface area (Å²) in [4.78, 5) is 0. The highest BCUT2D eigenvalue weighted by Gasteiger charge is 2.11. The van der Waals surface area contributed by atoms with Gasteiger partial charge in [-0.15, -0.1) is 0 Å². The Labute approximate surface area is 144 Å². The normalized spacial score (nSPS) is 10.7. The summed E-state index contributed by atoms with van der Waals surface area (Å²) in [6.45, 7) is 7.95. The van der Waals surface area contributed by atoms with Crippen molar-refractivity contribution in [2.75, 3.05) is 0 Å². The van der Waals surface area contributed by atoms with Gasteiger partial charge in [-0.1, -0.05) is 110 Å². The first-order valence-corrected chi connectivity index (χ1v) is 8.03. The molecule has 3 aromatic carbocycles. The molecule has 0 aliphatic carbocycles. The van der Waals surface area contributed by atoms with Crippen molar-refractivity contribution in [2.45, 2.75) is 0 Å². The molecule has 0 aromatic heterocycles. The molecule has 0 spiro atoms. The monoisotopic (exact) mass is 308 g/mol. The average molecular weight is 308 g/mol. The maximum Gasteiger partial charge on any atom is -0.00992 e. The van der Waals surface area contributed by atoms with E-state index in [-0.39, 0.29) is 0 Å². The van der Waals surface area contributed by atoms with Crippen LogP contribution in [0.4, 0.5) is 0 Å². The Morgan fingerprint density at radius 1 is 0.667 bits per heavy atom. The van der Waals surface area contributed by atoms with E-state index >= 15 is 0 Å². The smallest absolute Gasteiger partial charge is 0.00992 e. The molecule has 0 fully saturated rings. The van der Waals surface area contributed by atoms with Crippen LogP contribution in [0.2, 0.25) is 0 Å². The SMILES string of the molecule is C=C/C=C\C(=C)c1ccccc1-c1ccccc1-c1ccccc1. The predicted molar refractivity (Wildman–Crippen MR) is 106 cm³/mol. The molecule has 0 N–H and O–H groups in total. The molecule has 24 heavy (non-hydrogen) atoms. The van der Waals surface area contributed by atoms with E-state index in [1.54, 1.807) is 6.08 Å². The minimum absolute atomic E-state index is 0.980. The minimum atomic E-state index is 0.980. The van der Waals surface area contributed by atoms with Crippen LogP contribution in [0.3, 0.4) is 0 Å². The second-order valence-corrected chi connectivity index (χ2v) is 5.58. The number of hydrogen-bond acceptors (Lipinski definition) is 0. The summed E-state index contributed by atoms with van der Waals surface area (Å²) in [6, 6.07) is 27.4. The average Bonchev–Trinajstić information content (AvgIpc) is 2.67. The van der Waals surface area contributed by atoms with Gasteiger partial charge in [0.1, 0.15) is 0 Å². The van der Waals surface area contributed by atoms with Crippen LogP contribution in [-0.2, 0) is 0 Å². The molecule has 0 radical (unpaired) electrons. The van der Waals surface area contributed by atoms with Gasteiger partial charge in [-0.3, -0.25) is 0 Å². The number of rotatable bonds is 5. The summed E-state index contributed by atoms with van der Waals surface area (Å²) in [5.41, 5.74) is 6.97. The van der Waals surface area contributed by atoms with Crippen molar-refractivity contribution >= 4 is 5.57 Å². The lowest BCUT2D eigenvalue weighted by Gasteiger charge is -2.14. The van der Waals surface area contributed by atoms with Crippen LogP contribution in [0.15, 0.2) is 110 Å². The summed E-state index contributed by atoms with van der Waals surface area (Å²) in [5.74, 6) is 0. The van der Waals surface area contributed by atoms with Crippen LogP contribution < -0.4 is 0 Å². The highest BCUT2D eigenvalue weighted by molar-refractivity contribution is 5.91. The Morgan fingerprint density at radius 2 is 1.25 bits per heavy atom. The molecule has 3 rings (SSSR count). The summed E-state index contributed by atoms with van der Waals surface area (Å²) in [6.07, 6.45) is 5.69. The third-order valence-electron chi connectivity index (χ3n) is 4.01. The lowest BCUT2D eigenvalue weighted by atomic mass is 9.89. The van der Waals surface area contributed by atoms with Crippen LogP contribution in [0.5, 0.6) is 0 Å². The van der Waals surface area contributed by atoms with Gasteiger partial charge in [0.25, 0.3) is 0 Å². The van der Waals surface area contributed by atoms with Gasteiger partial charge in [-0.25, -0.2) is 0 Å². The fourth-order valence-corrected chi connectivity index (χ4v) is 2.86. The maximum absolute atomic E-state index is 4.22. The van der Waals surface area contributed by atoms with Crippen molar-refractivity contribution in [3.63, 3.8) is 0 Å². The number of allylic oxidation sites excluding steroid dienone is 4. The van der Waals surface area contributed by atoms with Crippen molar-refractivity contribution in [1.29, 1.82) is 0 Å². The van der Waals surface area contributed by atoms with E-state index in [2.05, 4.69) is 86.0 Å². The van der Waals surface area contributed by atoms with Crippen molar-refractivity contribution in [3.05, 3.63) is 116 Å². The first-order valence-electron chi connectivity index (χ1n) is 8.03. The van der Waals surface area contributed by atoms with E-state index in [0.29, 0.717) is 0 Å². The highest BCUT2D eigenvalue weighted by Crippen LogP contribution is 2.36. The standard InChI is InChI=1S/C24H20/c1-3-4-12-19(2)21-15-8-10-17-23(21)24-18-11-9-16-22(24)20-13-6-5-7-14-20/h3-18H,1-2H2/b12-4-. The van der Waals surface area contributed by atoms with Crippen LogP contribution in [0.25, 0.3) is 27.8 Å². The quantitative estimate of drug-likeness (QED) is 0.456. The molecule has 0 heteroatoms. The zero-order valence-electron chi connectivity index (χ0n) is 13.7. The summed E-state index contributed by atoms with van der Waals surface area (Å²) >= 11 is 0. The topological polar surface area (TPSA) is 0 Å². The van der Waals surface area contributed by atoms with Gasteiger partial charge >= 0.3 is 0 Å². The zero-order valence-corrected chi connectivity index (χ0v) is 13.7. The summed E-state index contributed by atoms with van der Waals surface area (Å²) in [7, 11) is 0. The van der Waals surface area contributed by atoms with Gasteiger partial charge in [0.05, 0.1) is 0 Å². The molecule has 0 unspecified atom stereocenters. The molecule has 0 bridgehead atoms. The second-order valence-electron chi connectivity index (χ2n) is 5.58. The molecular weight excluding hydrogens is 288 g/mol. The van der Waals surface area contributed by atoms with E-state index in [0.717, 1.165) is 11.1 Å². The molecule has 0 amide bonds. The van der Waals surface area contributed by atoms with Crippen molar-refractivity contribution < 1.29 is 0 Å². The lowest BCUT2D eigenvalue weighted by molar-refractivity contribution is 1.55. The third-order valence-corrected chi connectivity index (χ3v) is 4.01. The minimum Gasteiger partial charge on any atom is -0.0991 e. The van der Waals surface area contributed by atoms with Crippen LogP contribution >= 0.6 is 0 Å². The van der Waals surface area contributed by atoms with Gasteiger partial charge in [-0.2, -0.15) is 0 Å². The highest BCUT2D eigenvalue weighted by atomic mass is 14.1. The Bertz CT molecular complexity index is 883. The predicted octanol–water partition coefficient (Wildman–Crippen LogP) is 6.78. The molecule has 0 aliphatic rings. The third kappa shape index (κ3) is 3.28. The Morgan fingerprint density at radius 3 is 1.96 bits per heavy atom. The van der Waals surface area contributed by atoms with E-state index in [1.807, 2.05) is 18.2 Å². The van der Waals surface area contributed by atoms with E-state index in [4.69, 9.17) is 0 Å². The largest absolute Gasteiger partial charge is 0.0991 e. The van der Waals surface area contributed by atoms with Gasteiger partial charge < -0.3 is 0 Å². The number of benzene rings is 3. The van der Waals surface area contributed by atoms with Crippen molar-refractivity contribution in [1.82, 2.24) is 0 Å². The molecule has 0 atom stereocenters. The molecule has 0 nitrogen and oxygen atoms in total. The van der Waals surface area contributed by atoms with Gasteiger partial charge in [0.2, 0.25) is 0 Å². The molecule has 0 saturated carbocycles. The number of hydrogen-bond donors (Lipinski definition) is 0. The van der Waals surface area contributed by atoms with Crippen molar-refractivity contribution in [2.24, 2.45) is 0 Å². The van der Waals surface area contributed by atoms with E-state index < -0.39 is 0 Å². The molecule has 0 aliphatic heterocycles. The lowest BCUT2D eigenvalue weighted by Crippen LogP contribution is -1.90. The van der Waals surface area contributed by atoms with Crippen LogP contribution in [0.1, 0.15) is 5.56 Å². The summed E-state index contributed by atoms with van der Waals surface area (Å²) < 4.78 is 0. The van der Waals surface area contributed by atoms with E-state index in [1.165, 1.54) is 22.3 Å². The summed E-state index contributed by atoms with van der Waals surface area (Å²) in [5, 5.41) is 0. The molecule has 3 aromatic rings. The molecular formula is C24H20. The fraction of sp³-hybridized carbons (Fsp3) is 0. The van der Waals surface area contributed by atoms with E-state index in [9.17, 15) is 0 Å². The second kappa shape index (κ2) is 7.43. The first kappa shape index (κ1) is 15.8. The maximum atomic E-state index is 4.22. The van der Waals surface area contributed by atoms with Gasteiger partial charge in [0, 0.05) is 0 Å². The van der Waals surface area contributed by atoms with Gasteiger partial charge in [0.15, 0.2) is 0 Å². The molecule has 0 saturated heterocycles.